The molecule has 1 aromatic rings. The van der Waals surface area contributed by atoms with Gasteiger partial charge in [-0.15, -0.1) is 0 Å². The molecule has 126 valence electrons. The SMILES string of the molecule is CC(C)(C)[C@@H]1OC(=O)[C@@H](CC2CCCO2)N1Cc1ccccc1. The van der Waals surface area contributed by atoms with Crippen molar-refractivity contribution >= 4 is 5.97 Å². The fourth-order valence-corrected chi connectivity index (χ4v) is 3.53. The van der Waals surface area contributed by atoms with Crippen LogP contribution in [0.3, 0.4) is 0 Å². The zero-order valence-corrected chi connectivity index (χ0v) is 14.3. The van der Waals surface area contributed by atoms with Gasteiger partial charge in [-0.1, -0.05) is 51.1 Å². The molecule has 23 heavy (non-hydrogen) atoms. The Morgan fingerprint density at radius 2 is 1.96 bits per heavy atom. The number of cyclic esters (lactones) is 1. The first-order chi connectivity index (χ1) is 10.9. The summed E-state index contributed by atoms with van der Waals surface area (Å²) in [6.45, 7) is 7.91. The topological polar surface area (TPSA) is 38.8 Å². The number of carbonyl (C=O) groups excluding carboxylic acids is 1. The summed E-state index contributed by atoms with van der Waals surface area (Å²) < 4.78 is 11.5. The molecule has 0 bridgehead atoms. The Labute approximate surface area is 138 Å². The number of hydrogen-bond acceptors (Lipinski definition) is 4. The molecular formula is C19H27NO3. The zero-order valence-electron chi connectivity index (χ0n) is 14.3. The second kappa shape index (κ2) is 6.62. The predicted octanol–water partition coefficient (Wildman–Crippen LogP) is 3.36. The first-order valence-corrected chi connectivity index (χ1v) is 8.57. The van der Waals surface area contributed by atoms with E-state index in [9.17, 15) is 4.79 Å². The molecule has 2 aliphatic heterocycles. The van der Waals surface area contributed by atoms with Gasteiger partial charge in [-0.05, 0) is 24.8 Å². The quantitative estimate of drug-likeness (QED) is 0.798. The number of ether oxygens (including phenoxy) is 2. The molecule has 2 aliphatic rings. The van der Waals surface area contributed by atoms with Gasteiger partial charge < -0.3 is 9.47 Å². The second-order valence-electron chi connectivity index (χ2n) is 7.70. The minimum atomic E-state index is -0.206. The normalized spacial score (nSPS) is 29.0. The number of rotatable bonds is 4. The lowest BCUT2D eigenvalue weighted by Crippen LogP contribution is -2.44. The average Bonchev–Trinajstić information content (AvgIpc) is 3.11. The Kier molecular flexibility index (Phi) is 4.74. The Bertz CT molecular complexity index is 531. The Morgan fingerprint density at radius 3 is 2.57 bits per heavy atom. The van der Waals surface area contributed by atoms with Crippen LogP contribution in [0.15, 0.2) is 30.3 Å². The van der Waals surface area contributed by atoms with E-state index in [1.165, 1.54) is 5.56 Å². The molecule has 4 heteroatoms. The van der Waals surface area contributed by atoms with Crippen molar-refractivity contribution in [1.29, 1.82) is 0 Å². The summed E-state index contributed by atoms with van der Waals surface area (Å²) in [4.78, 5) is 14.7. The Hall–Kier alpha value is -1.39. The van der Waals surface area contributed by atoms with Gasteiger partial charge in [0.05, 0.1) is 6.10 Å². The molecule has 1 aromatic carbocycles. The van der Waals surface area contributed by atoms with E-state index in [1.807, 2.05) is 18.2 Å². The largest absolute Gasteiger partial charge is 0.445 e. The Balaban J connectivity index is 1.81. The van der Waals surface area contributed by atoms with E-state index in [0.717, 1.165) is 32.4 Å². The van der Waals surface area contributed by atoms with E-state index in [1.54, 1.807) is 0 Å². The van der Waals surface area contributed by atoms with E-state index in [0.29, 0.717) is 0 Å². The summed E-state index contributed by atoms with van der Waals surface area (Å²) in [6, 6.07) is 10.1. The van der Waals surface area contributed by atoms with Crippen molar-refractivity contribution in [3.8, 4) is 0 Å². The molecule has 2 fully saturated rings. The second-order valence-corrected chi connectivity index (χ2v) is 7.70. The molecule has 1 unspecified atom stereocenters. The Morgan fingerprint density at radius 1 is 1.22 bits per heavy atom. The van der Waals surface area contributed by atoms with Crippen molar-refractivity contribution in [2.45, 2.75) is 65.0 Å². The van der Waals surface area contributed by atoms with Crippen LogP contribution in [0.25, 0.3) is 0 Å². The first kappa shape index (κ1) is 16.5. The van der Waals surface area contributed by atoms with Crippen LogP contribution in [0, 0.1) is 5.41 Å². The van der Waals surface area contributed by atoms with Gasteiger partial charge in [0.1, 0.15) is 6.04 Å². The van der Waals surface area contributed by atoms with Crippen LogP contribution in [0.5, 0.6) is 0 Å². The third kappa shape index (κ3) is 3.75. The molecule has 2 saturated heterocycles. The zero-order chi connectivity index (χ0) is 16.4. The molecule has 3 atom stereocenters. The monoisotopic (exact) mass is 317 g/mol. The number of nitrogens with zero attached hydrogens (tertiary/aromatic N) is 1. The van der Waals surface area contributed by atoms with Crippen LogP contribution in [0.4, 0.5) is 0 Å². The van der Waals surface area contributed by atoms with Gasteiger partial charge in [0.25, 0.3) is 0 Å². The number of hydrogen-bond donors (Lipinski definition) is 0. The fourth-order valence-electron chi connectivity index (χ4n) is 3.53. The van der Waals surface area contributed by atoms with E-state index >= 15 is 0 Å². The molecule has 0 radical (unpaired) electrons. The van der Waals surface area contributed by atoms with Crippen LogP contribution in [0.1, 0.15) is 45.6 Å². The van der Waals surface area contributed by atoms with Crippen molar-refractivity contribution < 1.29 is 14.3 Å². The van der Waals surface area contributed by atoms with Gasteiger partial charge in [-0.3, -0.25) is 4.79 Å². The smallest absolute Gasteiger partial charge is 0.325 e. The third-order valence-corrected chi connectivity index (χ3v) is 4.66. The minimum Gasteiger partial charge on any atom is -0.445 e. The highest BCUT2D eigenvalue weighted by Gasteiger charge is 2.48. The van der Waals surface area contributed by atoms with Gasteiger partial charge in [0.2, 0.25) is 0 Å². The molecule has 4 nitrogen and oxygen atoms in total. The molecule has 0 spiro atoms. The summed E-state index contributed by atoms with van der Waals surface area (Å²) in [5.74, 6) is -0.101. The highest BCUT2D eigenvalue weighted by Crippen LogP contribution is 2.36. The summed E-state index contributed by atoms with van der Waals surface area (Å²) in [7, 11) is 0. The molecule has 0 aromatic heterocycles. The van der Waals surface area contributed by atoms with Crippen LogP contribution in [0.2, 0.25) is 0 Å². The molecular weight excluding hydrogens is 290 g/mol. The lowest BCUT2D eigenvalue weighted by molar-refractivity contribution is -0.148. The third-order valence-electron chi connectivity index (χ3n) is 4.66. The summed E-state index contributed by atoms with van der Waals surface area (Å²) in [6.07, 6.45) is 2.86. The van der Waals surface area contributed by atoms with Crippen LogP contribution < -0.4 is 0 Å². The van der Waals surface area contributed by atoms with E-state index in [4.69, 9.17) is 9.47 Å². The predicted molar refractivity (Wildman–Crippen MR) is 88.7 cm³/mol. The number of carbonyl (C=O) groups is 1. The van der Waals surface area contributed by atoms with Gasteiger partial charge in [-0.25, -0.2) is 4.90 Å². The fraction of sp³-hybridized carbons (Fsp3) is 0.632. The number of benzene rings is 1. The van der Waals surface area contributed by atoms with Crippen molar-refractivity contribution in [2.75, 3.05) is 6.61 Å². The molecule has 0 aliphatic carbocycles. The molecule has 0 saturated carbocycles. The maximum atomic E-state index is 12.5. The van der Waals surface area contributed by atoms with Gasteiger partial charge in [-0.2, -0.15) is 0 Å². The summed E-state index contributed by atoms with van der Waals surface area (Å²) in [5, 5.41) is 0. The van der Waals surface area contributed by atoms with E-state index in [-0.39, 0.29) is 29.8 Å². The average molecular weight is 317 g/mol. The van der Waals surface area contributed by atoms with E-state index in [2.05, 4.69) is 37.8 Å². The first-order valence-electron chi connectivity index (χ1n) is 8.57. The van der Waals surface area contributed by atoms with E-state index < -0.39 is 0 Å². The van der Waals surface area contributed by atoms with Crippen molar-refractivity contribution in [3.63, 3.8) is 0 Å². The molecule has 0 N–H and O–H groups in total. The molecule has 0 amide bonds. The molecule has 3 rings (SSSR count). The maximum absolute atomic E-state index is 12.5. The van der Waals surface area contributed by atoms with Crippen LogP contribution in [-0.2, 0) is 20.8 Å². The van der Waals surface area contributed by atoms with Crippen LogP contribution >= 0.6 is 0 Å². The van der Waals surface area contributed by atoms with Crippen molar-refractivity contribution in [1.82, 2.24) is 4.90 Å². The van der Waals surface area contributed by atoms with Gasteiger partial charge >= 0.3 is 5.97 Å². The van der Waals surface area contributed by atoms with Crippen molar-refractivity contribution in [3.05, 3.63) is 35.9 Å². The lowest BCUT2D eigenvalue weighted by Gasteiger charge is -2.34. The molecule has 2 heterocycles. The van der Waals surface area contributed by atoms with Crippen molar-refractivity contribution in [2.24, 2.45) is 5.41 Å². The van der Waals surface area contributed by atoms with Crippen LogP contribution in [-0.4, -0.2) is 35.8 Å². The highest BCUT2D eigenvalue weighted by molar-refractivity contribution is 5.78. The standard InChI is InChI=1S/C19H27NO3/c1-19(2,3)18-20(13-14-8-5-4-6-9-14)16(17(21)23-18)12-15-10-7-11-22-15/h4-6,8-9,15-16,18H,7,10-13H2,1-3H3/t15?,16-,18+/m1/s1. The van der Waals surface area contributed by atoms with Gasteiger partial charge in [0, 0.05) is 18.6 Å². The maximum Gasteiger partial charge on any atom is 0.325 e. The number of esters is 1. The van der Waals surface area contributed by atoms with Gasteiger partial charge in [0.15, 0.2) is 6.23 Å². The minimum absolute atomic E-state index is 0.101. The lowest BCUT2D eigenvalue weighted by atomic mass is 9.92. The highest BCUT2D eigenvalue weighted by atomic mass is 16.6. The summed E-state index contributed by atoms with van der Waals surface area (Å²) in [5.41, 5.74) is 1.09. The summed E-state index contributed by atoms with van der Waals surface area (Å²) >= 11 is 0.